The number of hydrogen-bond donors (Lipinski definition) is 1. The van der Waals surface area contributed by atoms with Gasteiger partial charge in [0.05, 0.1) is 5.75 Å². The molecule has 19 heavy (non-hydrogen) atoms. The maximum atomic E-state index is 10.7. The van der Waals surface area contributed by atoms with Crippen molar-refractivity contribution in [3.63, 3.8) is 0 Å². The van der Waals surface area contributed by atoms with E-state index in [0.29, 0.717) is 5.92 Å². The summed E-state index contributed by atoms with van der Waals surface area (Å²) < 4.78 is 2.14. The maximum Gasteiger partial charge on any atom is 0.313 e. The third kappa shape index (κ3) is 2.63. The molecule has 2 fully saturated rings. The van der Waals surface area contributed by atoms with Crippen molar-refractivity contribution in [3.8, 4) is 0 Å². The molecule has 2 atom stereocenters. The zero-order valence-corrected chi connectivity index (χ0v) is 11.9. The van der Waals surface area contributed by atoms with E-state index in [1.807, 2.05) is 0 Å². The van der Waals surface area contributed by atoms with Crippen molar-refractivity contribution >= 4 is 17.7 Å². The number of nitrogens with zero attached hydrogens (tertiary/aromatic N) is 3. The molecule has 2 unspecified atom stereocenters. The van der Waals surface area contributed by atoms with E-state index in [1.165, 1.54) is 31.0 Å². The van der Waals surface area contributed by atoms with Gasteiger partial charge >= 0.3 is 5.97 Å². The largest absolute Gasteiger partial charge is 0.481 e. The molecular formula is C13H19N3O2S. The zero-order chi connectivity index (χ0) is 13.4. The lowest BCUT2D eigenvalue weighted by Crippen LogP contribution is -2.10. The number of carbonyl (C=O) groups is 1. The van der Waals surface area contributed by atoms with Crippen molar-refractivity contribution in [2.45, 2.75) is 50.2 Å². The van der Waals surface area contributed by atoms with E-state index in [9.17, 15) is 4.79 Å². The SMILES string of the molecule is CCCn1c(SCC(=O)O)nnc1C1CC2CC2C1. The van der Waals surface area contributed by atoms with Crippen LogP contribution in [0, 0.1) is 11.8 Å². The summed E-state index contributed by atoms with van der Waals surface area (Å²) >= 11 is 1.28. The lowest BCUT2D eigenvalue weighted by molar-refractivity contribution is -0.133. The second-order valence-electron chi connectivity index (χ2n) is 5.60. The van der Waals surface area contributed by atoms with Gasteiger partial charge < -0.3 is 9.67 Å². The van der Waals surface area contributed by atoms with Crippen LogP contribution in [0.5, 0.6) is 0 Å². The van der Waals surface area contributed by atoms with Crippen LogP contribution in [0.3, 0.4) is 0 Å². The topological polar surface area (TPSA) is 68.0 Å². The van der Waals surface area contributed by atoms with Crippen LogP contribution in [-0.4, -0.2) is 31.6 Å². The molecule has 6 heteroatoms. The number of rotatable bonds is 6. The molecule has 1 aromatic heterocycles. The van der Waals surface area contributed by atoms with Crippen molar-refractivity contribution in [1.29, 1.82) is 0 Å². The van der Waals surface area contributed by atoms with Crippen molar-refractivity contribution in [2.75, 3.05) is 5.75 Å². The summed E-state index contributed by atoms with van der Waals surface area (Å²) in [5, 5.41) is 18.1. The molecule has 3 rings (SSSR count). The Labute approximate surface area is 116 Å². The summed E-state index contributed by atoms with van der Waals surface area (Å²) in [4.78, 5) is 10.7. The number of carboxylic acid groups (broad SMARTS) is 1. The number of carboxylic acids is 1. The van der Waals surface area contributed by atoms with Gasteiger partial charge in [-0.1, -0.05) is 18.7 Å². The second-order valence-corrected chi connectivity index (χ2v) is 6.54. The Kier molecular flexibility index (Phi) is 3.52. The number of aliphatic carboxylic acids is 1. The summed E-state index contributed by atoms with van der Waals surface area (Å²) in [6.45, 7) is 3.01. The molecule has 0 radical (unpaired) electrons. The van der Waals surface area contributed by atoms with Crippen molar-refractivity contribution in [1.82, 2.24) is 14.8 Å². The Morgan fingerprint density at radius 2 is 2.11 bits per heavy atom. The Hall–Kier alpha value is -1.04. The van der Waals surface area contributed by atoms with Gasteiger partial charge in [-0.25, -0.2) is 0 Å². The van der Waals surface area contributed by atoms with Crippen LogP contribution in [-0.2, 0) is 11.3 Å². The quantitative estimate of drug-likeness (QED) is 0.811. The van der Waals surface area contributed by atoms with Crippen molar-refractivity contribution in [2.24, 2.45) is 11.8 Å². The molecule has 2 aliphatic rings. The maximum absolute atomic E-state index is 10.7. The van der Waals surface area contributed by atoms with E-state index in [2.05, 4.69) is 21.7 Å². The highest BCUT2D eigenvalue weighted by atomic mass is 32.2. The average Bonchev–Trinajstić information content (AvgIpc) is 2.83. The van der Waals surface area contributed by atoms with E-state index in [4.69, 9.17) is 5.11 Å². The summed E-state index contributed by atoms with van der Waals surface area (Å²) in [7, 11) is 0. The highest BCUT2D eigenvalue weighted by molar-refractivity contribution is 7.99. The second kappa shape index (κ2) is 5.15. The van der Waals surface area contributed by atoms with Crippen LogP contribution >= 0.6 is 11.8 Å². The van der Waals surface area contributed by atoms with Crippen molar-refractivity contribution < 1.29 is 9.90 Å². The van der Waals surface area contributed by atoms with E-state index in [1.54, 1.807) is 0 Å². The minimum absolute atomic E-state index is 0.0533. The number of hydrogen-bond acceptors (Lipinski definition) is 4. The first-order valence-corrected chi connectivity index (χ1v) is 7.95. The van der Waals surface area contributed by atoms with Crippen molar-refractivity contribution in [3.05, 3.63) is 5.82 Å². The smallest absolute Gasteiger partial charge is 0.313 e. The van der Waals surface area contributed by atoms with Gasteiger partial charge in [-0.2, -0.15) is 0 Å². The van der Waals surface area contributed by atoms with Gasteiger partial charge in [0, 0.05) is 12.5 Å². The first kappa shape index (κ1) is 13.0. The average molecular weight is 281 g/mol. The molecule has 0 aromatic carbocycles. The summed E-state index contributed by atoms with van der Waals surface area (Å²) in [5.41, 5.74) is 0. The van der Waals surface area contributed by atoms with Gasteiger partial charge in [-0.15, -0.1) is 10.2 Å². The third-order valence-electron chi connectivity index (χ3n) is 4.13. The molecule has 104 valence electrons. The van der Waals surface area contributed by atoms with E-state index < -0.39 is 5.97 Å². The van der Waals surface area contributed by atoms with Gasteiger partial charge in [0.15, 0.2) is 5.16 Å². The lowest BCUT2D eigenvalue weighted by atomic mass is 10.0. The Morgan fingerprint density at radius 1 is 1.37 bits per heavy atom. The van der Waals surface area contributed by atoms with Crippen LogP contribution in [0.25, 0.3) is 0 Å². The number of fused-ring (bicyclic) bond motifs is 1. The zero-order valence-electron chi connectivity index (χ0n) is 11.1. The predicted molar refractivity (Wildman–Crippen MR) is 72.2 cm³/mol. The molecule has 0 spiro atoms. The summed E-state index contributed by atoms with van der Waals surface area (Å²) in [5.74, 6) is 2.72. The highest BCUT2D eigenvalue weighted by Crippen LogP contribution is 2.57. The van der Waals surface area contributed by atoms with Crippen LogP contribution in [0.1, 0.15) is 44.3 Å². The van der Waals surface area contributed by atoms with E-state index >= 15 is 0 Å². The number of thioether (sulfide) groups is 1. The molecule has 0 amide bonds. The van der Waals surface area contributed by atoms with Gasteiger partial charge in [-0.05, 0) is 37.5 Å². The summed E-state index contributed by atoms with van der Waals surface area (Å²) in [6, 6.07) is 0. The standard InChI is InChI=1S/C13H19N3O2S/c1-2-3-16-12(10-5-8-4-9(8)6-10)14-15-13(16)19-7-11(17)18/h8-10H,2-7H2,1H3,(H,17,18). The Balaban J connectivity index is 1.76. The number of aromatic nitrogens is 3. The predicted octanol–water partition coefficient (Wildman–Crippen LogP) is 2.38. The molecule has 1 heterocycles. The Bertz CT molecular complexity index is 478. The third-order valence-corrected chi connectivity index (χ3v) is 5.08. The molecule has 1 aromatic rings. The fourth-order valence-corrected chi connectivity index (χ4v) is 3.89. The molecule has 0 aliphatic heterocycles. The molecule has 2 saturated carbocycles. The minimum atomic E-state index is -0.806. The van der Waals surface area contributed by atoms with E-state index in [-0.39, 0.29) is 5.75 Å². The minimum Gasteiger partial charge on any atom is -0.481 e. The molecule has 2 aliphatic carbocycles. The monoisotopic (exact) mass is 281 g/mol. The van der Waals surface area contributed by atoms with Gasteiger partial charge in [-0.3, -0.25) is 4.79 Å². The fourth-order valence-electron chi connectivity index (χ4n) is 3.19. The highest BCUT2D eigenvalue weighted by Gasteiger charge is 2.47. The van der Waals surface area contributed by atoms with E-state index in [0.717, 1.165) is 35.8 Å². The molecule has 1 N–H and O–H groups in total. The first-order valence-electron chi connectivity index (χ1n) is 6.96. The van der Waals surface area contributed by atoms with Crippen LogP contribution in [0.2, 0.25) is 0 Å². The van der Waals surface area contributed by atoms with Gasteiger partial charge in [0.25, 0.3) is 0 Å². The molecule has 5 nitrogen and oxygen atoms in total. The van der Waals surface area contributed by atoms with Gasteiger partial charge in [0.1, 0.15) is 5.82 Å². The fraction of sp³-hybridized carbons (Fsp3) is 0.769. The van der Waals surface area contributed by atoms with Gasteiger partial charge in [0.2, 0.25) is 0 Å². The summed E-state index contributed by atoms with van der Waals surface area (Å²) in [6.07, 6.45) is 4.91. The normalized spacial score (nSPS) is 28.4. The Morgan fingerprint density at radius 3 is 2.74 bits per heavy atom. The van der Waals surface area contributed by atoms with Crippen LogP contribution in [0.15, 0.2) is 5.16 Å². The molecular weight excluding hydrogens is 262 g/mol. The lowest BCUT2D eigenvalue weighted by Gasteiger charge is -2.14. The van der Waals surface area contributed by atoms with Crippen LogP contribution < -0.4 is 0 Å². The molecule has 0 saturated heterocycles. The van der Waals surface area contributed by atoms with Crippen LogP contribution in [0.4, 0.5) is 0 Å². The first-order chi connectivity index (χ1) is 9.19. The molecule has 0 bridgehead atoms.